The number of amides is 1. The van der Waals surface area contributed by atoms with Gasteiger partial charge in [-0.15, -0.1) is 0 Å². The summed E-state index contributed by atoms with van der Waals surface area (Å²) in [5, 5.41) is 3.05. The number of fused-ring (bicyclic) bond motifs is 1. The van der Waals surface area contributed by atoms with Crippen LogP contribution in [-0.2, 0) is 22.9 Å². The zero-order valence-corrected chi connectivity index (χ0v) is 18.5. The fraction of sp³-hybridized carbons (Fsp3) is 0.240. The molecule has 0 aromatic heterocycles. The number of hydrogen-bond acceptors (Lipinski definition) is 3. The van der Waals surface area contributed by atoms with Crippen LogP contribution < -0.4 is 10.0 Å². The number of carbonyl (C=O) groups is 1. The Bertz CT molecular complexity index is 1220. The lowest BCUT2D eigenvalue weighted by molar-refractivity contribution is 0.0939. The maximum atomic E-state index is 13.0. The van der Waals surface area contributed by atoms with Crippen LogP contribution in [0.3, 0.4) is 0 Å². The third-order valence-corrected chi connectivity index (χ3v) is 7.23. The second-order valence-electron chi connectivity index (χ2n) is 7.97. The van der Waals surface area contributed by atoms with E-state index >= 15 is 0 Å². The van der Waals surface area contributed by atoms with Crippen molar-refractivity contribution in [3.63, 3.8) is 0 Å². The van der Waals surface area contributed by atoms with Gasteiger partial charge in [-0.3, -0.25) is 9.52 Å². The number of aryl methyl sites for hydroxylation is 2. The van der Waals surface area contributed by atoms with E-state index < -0.39 is 10.0 Å². The second kappa shape index (κ2) is 8.55. The fourth-order valence-corrected chi connectivity index (χ4v) is 5.16. The van der Waals surface area contributed by atoms with Crippen molar-refractivity contribution in [2.75, 3.05) is 4.72 Å². The molecule has 1 aliphatic carbocycles. The van der Waals surface area contributed by atoms with Crippen molar-refractivity contribution >= 4 is 21.6 Å². The molecule has 0 heterocycles. The normalized spacial score (nSPS) is 14.0. The van der Waals surface area contributed by atoms with Crippen molar-refractivity contribution in [1.29, 1.82) is 0 Å². The van der Waals surface area contributed by atoms with Gasteiger partial charge in [-0.05, 0) is 79.6 Å². The van der Waals surface area contributed by atoms with Crippen LogP contribution in [0.5, 0.6) is 0 Å². The van der Waals surface area contributed by atoms with Crippen LogP contribution in [0.25, 0.3) is 0 Å². The van der Waals surface area contributed by atoms with Crippen molar-refractivity contribution in [1.82, 2.24) is 5.32 Å². The van der Waals surface area contributed by atoms with Gasteiger partial charge in [0.25, 0.3) is 15.9 Å². The van der Waals surface area contributed by atoms with Crippen LogP contribution in [0.1, 0.15) is 52.0 Å². The van der Waals surface area contributed by atoms with Crippen LogP contribution in [0, 0.1) is 6.92 Å². The molecule has 5 nitrogen and oxygen atoms in total. The highest BCUT2D eigenvalue weighted by Gasteiger charge is 2.20. The predicted molar refractivity (Wildman–Crippen MR) is 123 cm³/mol. The summed E-state index contributed by atoms with van der Waals surface area (Å²) in [7, 11) is -3.73. The van der Waals surface area contributed by atoms with Crippen molar-refractivity contribution < 1.29 is 13.2 Å². The molecule has 2 N–H and O–H groups in total. The molecule has 0 aliphatic heterocycles. The molecule has 0 fully saturated rings. The first-order valence-corrected chi connectivity index (χ1v) is 11.9. The number of hydrogen-bond donors (Lipinski definition) is 2. The summed E-state index contributed by atoms with van der Waals surface area (Å²) >= 11 is 0. The Labute approximate surface area is 183 Å². The fourth-order valence-electron chi connectivity index (χ4n) is 4.01. The number of sulfonamides is 1. The van der Waals surface area contributed by atoms with Gasteiger partial charge in [-0.2, -0.15) is 0 Å². The number of nitrogens with one attached hydrogen (secondary N) is 2. The molecule has 1 atom stereocenters. The molecule has 0 bridgehead atoms. The standard InChI is InChI=1S/C25H26N2O3S/c1-17-23(12-7-13-24(17)27-31(29,30)22-10-4-3-5-11-22)25(28)26-18(2)20-15-14-19-8-6-9-21(19)16-20/h3-5,7,10-16,18,27H,6,8-9H2,1-2H3,(H,26,28). The molecule has 160 valence electrons. The molecule has 0 saturated carbocycles. The summed E-state index contributed by atoms with van der Waals surface area (Å²) in [5.41, 5.74) is 5.26. The molecular formula is C25H26N2O3S. The SMILES string of the molecule is Cc1c(NS(=O)(=O)c2ccccc2)cccc1C(=O)NC(C)c1ccc2c(c1)CCC2. The molecule has 0 saturated heterocycles. The summed E-state index contributed by atoms with van der Waals surface area (Å²) in [6.07, 6.45) is 3.40. The van der Waals surface area contributed by atoms with Gasteiger partial charge in [-0.1, -0.05) is 42.5 Å². The molecule has 0 spiro atoms. The number of carbonyl (C=O) groups excluding carboxylic acids is 1. The third kappa shape index (κ3) is 4.49. The second-order valence-corrected chi connectivity index (χ2v) is 9.66. The van der Waals surface area contributed by atoms with Crippen molar-refractivity contribution in [2.45, 2.75) is 44.0 Å². The number of rotatable bonds is 6. The van der Waals surface area contributed by atoms with Crippen molar-refractivity contribution in [3.8, 4) is 0 Å². The largest absolute Gasteiger partial charge is 0.346 e. The molecule has 0 radical (unpaired) electrons. The van der Waals surface area contributed by atoms with E-state index in [-0.39, 0.29) is 16.8 Å². The Morgan fingerprint density at radius 3 is 2.45 bits per heavy atom. The Balaban J connectivity index is 1.53. The summed E-state index contributed by atoms with van der Waals surface area (Å²) in [6, 6.07) is 19.5. The van der Waals surface area contributed by atoms with E-state index in [9.17, 15) is 13.2 Å². The van der Waals surface area contributed by atoms with E-state index in [1.165, 1.54) is 29.7 Å². The van der Waals surface area contributed by atoms with Crippen LogP contribution >= 0.6 is 0 Å². The predicted octanol–water partition coefficient (Wildman–Crippen LogP) is 4.78. The van der Waals surface area contributed by atoms with E-state index in [1.807, 2.05) is 6.92 Å². The highest BCUT2D eigenvalue weighted by atomic mass is 32.2. The van der Waals surface area contributed by atoms with Gasteiger partial charge in [0.1, 0.15) is 0 Å². The molecule has 3 aromatic carbocycles. The molecule has 1 amide bonds. The highest BCUT2D eigenvalue weighted by Crippen LogP contribution is 2.26. The van der Waals surface area contributed by atoms with Gasteiger partial charge in [0.15, 0.2) is 0 Å². The zero-order valence-electron chi connectivity index (χ0n) is 17.7. The Kier molecular flexibility index (Phi) is 5.83. The first kappa shape index (κ1) is 21.1. The molecule has 6 heteroatoms. The van der Waals surface area contributed by atoms with Gasteiger partial charge >= 0.3 is 0 Å². The molecule has 3 aromatic rings. The lowest BCUT2D eigenvalue weighted by Gasteiger charge is -2.18. The van der Waals surface area contributed by atoms with E-state index in [0.29, 0.717) is 16.8 Å². The van der Waals surface area contributed by atoms with E-state index in [4.69, 9.17) is 0 Å². The number of benzene rings is 3. The van der Waals surface area contributed by atoms with Crippen LogP contribution in [0.4, 0.5) is 5.69 Å². The minimum atomic E-state index is -3.73. The molecule has 1 unspecified atom stereocenters. The monoisotopic (exact) mass is 434 g/mol. The lowest BCUT2D eigenvalue weighted by atomic mass is 10.0. The Morgan fingerprint density at radius 2 is 1.68 bits per heavy atom. The lowest BCUT2D eigenvalue weighted by Crippen LogP contribution is -2.27. The van der Waals surface area contributed by atoms with Crippen molar-refractivity contribution in [2.24, 2.45) is 0 Å². The molecular weight excluding hydrogens is 408 g/mol. The van der Waals surface area contributed by atoms with Gasteiger partial charge in [0.2, 0.25) is 0 Å². The minimum absolute atomic E-state index is 0.150. The van der Waals surface area contributed by atoms with E-state index in [0.717, 1.165) is 18.4 Å². The van der Waals surface area contributed by atoms with Gasteiger partial charge in [0, 0.05) is 5.56 Å². The van der Waals surface area contributed by atoms with E-state index in [1.54, 1.807) is 43.3 Å². The third-order valence-electron chi connectivity index (χ3n) is 5.85. The topological polar surface area (TPSA) is 75.3 Å². The summed E-state index contributed by atoms with van der Waals surface area (Å²) < 4.78 is 28.0. The number of anilines is 1. The molecule has 31 heavy (non-hydrogen) atoms. The highest BCUT2D eigenvalue weighted by molar-refractivity contribution is 7.92. The Hall–Kier alpha value is -3.12. The quantitative estimate of drug-likeness (QED) is 0.586. The first-order valence-electron chi connectivity index (χ1n) is 10.5. The molecule has 1 aliphatic rings. The molecule has 4 rings (SSSR count). The van der Waals surface area contributed by atoms with Crippen LogP contribution in [-0.4, -0.2) is 14.3 Å². The van der Waals surface area contributed by atoms with Gasteiger partial charge in [0.05, 0.1) is 16.6 Å². The average molecular weight is 435 g/mol. The van der Waals surface area contributed by atoms with Gasteiger partial charge in [-0.25, -0.2) is 8.42 Å². The maximum Gasteiger partial charge on any atom is 0.261 e. The summed E-state index contributed by atoms with van der Waals surface area (Å²) in [6.45, 7) is 3.71. The van der Waals surface area contributed by atoms with Gasteiger partial charge < -0.3 is 5.32 Å². The zero-order chi connectivity index (χ0) is 22.0. The van der Waals surface area contributed by atoms with Crippen molar-refractivity contribution in [3.05, 3.63) is 94.5 Å². The average Bonchev–Trinajstić information content (AvgIpc) is 3.23. The van der Waals surface area contributed by atoms with E-state index in [2.05, 4.69) is 28.2 Å². The minimum Gasteiger partial charge on any atom is -0.346 e. The smallest absolute Gasteiger partial charge is 0.261 e. The first-order chi connectivity index (χ1) is 14.8. The Morgan fingerprint density at radius 1 is 0.935 bits per heavy atom. The summed E-state index contributed by atoms with van der Waals surface area (Å²) in [5.74, 6) is -0.230. The maximum absolute atomic E-state index is 13.0. The van der Waals surface area contributed by atoms with Crippen LogP contribution in [0.2, 0.25) is 0 Å². The van der Waals surface area contributed by atoms with Crippen LogP contribution in [0.15, 0.2) is 71.6 Å². The summed E-state index contributed by atoms with van der Waals surface area (Å²) in [4.78, 5) is 13.2.